The molecule has 0 unspecified atom stereocenters. The Morgan fingerprint density at radius 3 is 2.58 bits per heavy atom. The van der Waals surface area contributed by atoms with E-state index in [1.54, 1.807) is 0 Å². The van der Waals surface area contributed by atoms with Crippen LogP contribution in [0.1, 0.15) is 11.1 Å². The lowest BCUT2D eigenvalue weighted by Gasteiger charge is -2.05. The fraction of sp³-hybridized carbons (Fsp3) is 0.250. The summed E-state index contributed by atoms with van der Waals surface area (Å²) in [6.07, 6.45) is 0. The molecule has 0 spiro atoms. The summed E-state index contributed by atoms with van der Waals surface area (Å²) in [5.74, 6) is -1.12. The highest BCUT2D eigenvalue weighted by Gasteiger charge is 2.12. The lowest BCUT2D eigenvalue weighted by Crippen LogP contribution is -1.96. The van der Waals surface area contributed by atoms with Crippen molar-refractivity contribution in [3.8, 4) is 0 Å². The van der Waals surface area contributed by atoms with Gasteiger partial charge < -0.3 is 5.11 Å². The Bertz CT molecular complexity index is 312. The smallest absolute Gasteiger partial charge is 0.138 e. The fourth-order valence-electron chi connectivity index (χ4n) is 0.911. The molecule has 0 saturated heterocycles. The highest BCUT2D eigenvalue weighted by atomic mass is 79.9. The average molecular weight is 237 g/mol. The van der Waals surface area contributed by atoms with E-state index < -0.39 is 18.2 Å². The van der Waals surface area contributed by atoms with E-state index in [-0.39, 0.29) is 15.6 Å². The Morgan fingerprint density at radius 2 is 2.08 bits per heavy atom. The van der Waals surface area contributed by atoms with Crippen molar-refractivity contribution in [1.82, 2.24) is 0 Å². The van der Waals surface area contributed by atoms with Gasteiger partial charge in [-0.1, -0.05) is 0 Å². The van der Waals surface area contributed by atoms with Gasteiger partial charge >= 0.3 is 0 Å². The van der Waals surface area contributed by atoms with Crippen LogP contribution in [0, 0.1) is 18.6 Å². The van der Waals surface area contributed by atoms with Crippen molar-refractivity contribution in [2.24, 2.45) is 0 Å². The normalized spacial score (nSPS) is 10.4. The van der Waals surface area contributed by atoms with E-state index in [0.29, 0.717) is 0 Å². The quantitative estimate of drug-likeness (QED) is 0.744. The van der Waals surface area contributed by atoms with Crippen molar-refractivity contribution >= 4 is 15.9 Å². The van der Waals surface area contributed by atoms with Crippen LogP contribution in [0.3, 0.4) is 0 Å². The number of hydrogen-bond acceptors (Lipinski definition) is 1. The van der Waals surface area contributed by atoms with Crippen LogP contribution in [-0.4, -0.2) is 5.11 Å². The second-order valence-electron chi connectivity index (χ2n) is 2.43. The maximum atomic E-state index is 13.1. The Kier molecular flexibility index (Phi) is 2.80. The molecule has 0 aliphatic carbocycles. The molecule has 0 heterocycles. The molecule has 0 aliphatic rings. The molecule has 1 nitrogen and oxygen atoms in total. The monoisotopic (exact) mass is 236 g/mol. The Hall–Kier alpha value is -0.480. The number of hydrogen-bond donors (Lipinski definition) is 1. The number of aliphatic hydroxyl groups is 1. The highest BCUT2D eigenvalue weighted by Crippen LogP contribution is 2.25. The molecule has 1 aromatic carbocycles. The van der Waals surface area contributed by atoms with Gasteiger partial charge in [0.1, 0.15) is 11.6 Å². The molecular weight excluding hydrogens is 230 g/mol. The van der Waals surface area contributed by atoms with Crippen molar-refractivity contribution in [3.05, 3.63) is 33.3 Å². The molecule has 66 valence electrons. The van der Waals surface area contributed by atoms with Gasteiger partial charge in [0, 0.05) is 11.1 Å². The van der Waals surface area contributed by atoms with E-state index in [0.717, 1.165) is 6.07 Å². The van der Waals surface area contributed by atoms with E-state index in [2.05, 4.69) is 15.9 Å². The lowest BCUT2D eigenvalue weighted by molar-refractivity contribution is 0.274. The standard InChI is InChI=1S/C8H7BrF2O/c1-4-7(9)6(10)2-5(3-12)8(4)11/h2,12H,3H2,1H3. The largest absolute Gasteiger partial charge is 0.392 e. The molecule has 0 aliphatic heterocycles. The average Bonchev–Trinajstić information content (AvgIpc) is 2.08. The van der Waals surface area contributed by atoms with E-state index in [4.69, 9.17) is 5.11 Å². The molecular formula is C8H7BrF2O. The molecule has 12 heavy (non-hydrogen) atoms. The highest BCUT2D eigenvalue weighted by molar-refractivity contribution is 9.10. The summed E-state index contributed by atoms with van der Waals surface area (Å²) in [7, 11) is 0. The van der Waals surface area contributed by atoms with E-state index in [9.17, 15) is 8.78 Å². The minimum absolute atomic E-state index is 0.0202. The minimum atomic E-state index is -0.564. The van der Waals surface area contributed by atoms with Crippen LogP contribution in [0.2, 0.25) is 0 Å². The number of halogens is 3. The van der Waals surface area contributed by atoms with Crippen molar-refractivity contribution in [2.45, 2.75) is 13.5 Å². The second-order valence-corrected chi connectivity index (χ2v) is 3.22. The molecule has 1 N–H and O–H groups in total. The molecule has 0 radical (unpaired) electrons. The van der Waals surface area contributed by atoms with Gasteiger partial charge in [-0.3, -0.25) is 0 Å². The predicted octanol–water partition coefficient (Wildman–Crippen LogP) is 2.53. The van der Waals surface area contributed by atoms with E-state index in [1.165, 1.54) is 6.92 Å². The Labute approximate surface area is 77.2 Å². The molecule has 0 aromatic heterocycles. The SMILES string of the molecule is Cc1c(F)c(CO)cc(F)c1Br. The third-order valence-corrected chi connectivity index (χ3v) is 2.59. The third kappa shape index (κ3) is 1.49. The van der Waals surface area contributed by atoms with Gasteiger partial charge in [0.05, 0.1) is 11.1 Å². The van der Waals surface area contributed by atoms with Crippen molar-refractivity contribution < 1.29 is 13.9 Å². The zero-order valence-electron chi connectivity index (χ0n) is 6.37. The Morgan fingerprint density at radius 1 is 1.50 bits per heavy atom. The fourth-order valence-corrected chi connectivity index (χ4v) is 1.20. The van der Waals surface area contributed by atoms with Gasteiger partial charge in [0.15, 0.2) is 0 Å². The first-order valence-corrected chi connectivity index (χ1v) is 4.11. The summed E-state index contributed by atoms with van der Waals surface area (Å²) in [6.45, 7) is 0.957. The van der Waals surface area contributed by atoms with Crippen molar-refractivity contribution in [1.29, 1.82) is 0 Å². The summed E-state index contributed by atoms with van der Waals surface area (Å²) in [6, 6.07) is 0.979. The van der Waals surface area contributed by atoms with Gasteiger partial charge in [-0.25, -0.2) is 8.78 Å². The van der Waals surface area contributed by atoms with E-state index in [1.807, 2.05) is 0 Å². The summed E-state index contributed by atoms with van der Waals surface area (Å²) in [4.78, 5) is 0. The number of benzene rings is 1. The lowest BCUT2D eigenvalue weighted by atomic mass is 10.1. The molecule has 0 bridgehead atoms. The van der Waals surface area contributed by atoms with Crippen LogP contribution in [0.15, 0.2) is 10.5 Å². The molecule has 1 aromatic rings. The molecule has 1 rings (SSSR count). The van der Waals surface area contributed by atoms with Gasteiger partial charge in [-0.15, -0.1) is 0 Å². The maximum absolute atomic E-state index is 13.1. The molecule has 0 amide bonds. The number of aliphatic hydroxyl groups excluding tert-OH is 1. The van der Waals surface area contributed by atoms with Crippen LogP contribution in [0.5, 0.6) is 0 Å². The first-order valence-electron chi connectivity index (χ1n) is 3.31. The van der Waals surface area contributed by atoms with Crippen LogP contribution in [0.4, 0.5) is 8.78 Å². The van der Waals surface area contributed by atoms with E-state index >= 15 is 0 Å². The first kappa shape index (κ1) is 9.61. The zero-order chi connectivity index (χ0) is 9.30. The molecule has 0 saturated carbocycles. The maximum Gasteiger partial charge on any atom is 0.138 e. The zero-order valence-corrected chi connectivity index (χ0v) is 7.95. The molecule has 4 heteroatoms. The predicted molar refractivity (Wildman–Crippen MR) is 44.7 cm³/mol. The first-order chi connectivity index (χ1) is 5.57. The van der Waals surface area contributed by atoms with Crippen LogP contribution >= 0.6 is 15.9 Å². The summed E-state index contributed by atoms with van der Waals surface area (Å²) in [5.41, 5.74) is 0.159. The topological polar surface area (TPSA) is 20.2 Å². The van der Waals surface area contributed by atoms with Gasteiger partial charge in [0.25, 0.3) is 0 Å². The summed E-state index contributed by atoms with van der Waals surface area (Å²) >= 11 is 2.90. The minimum Gasteiger partial charge on any atom is -0.392 e. The van der Waals surface area contributed by atoms with Gasteiger partial charge in [0.2, 0.25) is 0 Å². The third-order valence-electron chi connectivity index (χ3n) is 1.62. The van der Waals surface area contributed by atoms with Crippen molar-refractivity contribution in [3.63, 3.8) is 0 Å². The van der Waals surface area contributed by atoms with Gasteiger partial charge in [-0.2, -0.15) is 0 Å². The van der Waals surface area contributed by atoms with Crippen molar-refractivity contribution in [2.75, 3.05) is 0 Å². The van der Waals surface area contributed by atoms with Crippen LogP contribution < -0.4 is 0 Å². The summed E-state index contributed by atoms with van der Waals surface area (Å²) < 4.78 is 26.1. The van der Waals surface area contributed by atoms with Crippen LogP contribution in [0.25, 0.3) is 0 Å². The number of rotatable bonds is 1. The summed E-state index contributed by atoms with van der Waals surface area (Å²) in [5, 5.41) is 8.64. The van der Waals surface area contributed by atoms with Gasteiger partial charge in [-0.05, 0) is 28.9 Å². The second kappa shape index (κ2) is 3.49. The Balaban J connectivity index is 3.39. The molecule has 0 atom stereocenters. The molecule has 0 fully saturated rings. The van der Waals surface area contributed by atoms with Crippen LogP contribution in [-0.2, 0) is 6.61 Å².